The first-order valence-electron chi connectivity index (χ1n) is 8.91. The Hall–Kier alpha value is -1.52. The molecule has 1 saturated carbocycles. The van der Waals surface area contributed by atoms with Crippen LogP contribution in [-0.4, -0.2) is 64.0 Å². The number of aromatic nitrogens is 2. The molecule has 0 aromatic carbocycles. The van der Waals surface area contributed by atoms with Crippen LogP contribution in [-0.2, 0) is 14.2 Å². The molecule has 2 fully saturated rings. The second-order valence-electron chi connectivity index (χ2n) is 6.91. The van der Waals surface area contributed by atoms with Gasteiger partial charge in [-0.3, -0.25) is 14.3 Å². The lowest BCUT2D eigenvalue weighted by Gasteiger charge is -2.34. The van der Waals surface area contributed by atoms with Crippen molar-refractivity contribution in [2.75, 3.05) is 13.7 Å². The Bertz CT molecular complexity index is 731. The minimum atomic E-state index is -1.11. The molecule has 0 amide bonds. The van der Waals surface area contributed by atoms with Crippen LogP contribution < -0.4 is 11.2 Å². The number of aromatic amines is 1. The number of rotatable bonds is 5. The number of hydrogen-bond donors (Lipinski definition) is 3. The number of ether oxygens (including phenoxy) is 3. The van der Waals surface area contributed by atoms with Gasteiger partial charge in [0.25, 0.3) is 5.56 Å². The first kappa shape index (κ1) is 19.2. The molecule has 3 rings (SSSR count). The smallest absolute Gasteiger partial charge is 0.330 e. The SMILES string of the molecule is CO[C@@H]1CCCC[C@H]1O[C@@H]1[C@H](O)[C@@H](CO)O[C@H]1n1cc(C)c(=O)[nH]c1=O. The van der Waals surface area contributed by atoms with Crippen molar-refractivity contribution < 1.29 is 24.4 Å². The molecule has 1 aliphatic heterocycles. The maximum Gasteiger partial charge on any atom is 0.330 e. The Labute approximate surface area is 150 Å². The van der Waals surface area contributed by atoms with Crippen molar-refractivity contribution in [3.05, 3.63) is 32.6 Å². The maximum atomic E-state index is 12.2. The molecule has 146 valence electrons. The predicted octanol–water partition coefficient (Wildman–Crippen LogP) is -0.562. The summed E-state index contributed by atoms with van der Waals surface area (Å²) < 4.78 is 18.5. The molecule has 1 saturated heterocycles. The normalized spacial score (nSPS) is 34.9. The van der Waals surface area contributed by atoms with E-state index in [1.54, 1.807) is 14.0 Å². The van der Waals surface area contributed by atoms with Gasteiger partial charge in [0.1, 0.15) is 18.3 Å². The van der Waals surface area contributed by atoms with E-state index in [4.69, 9.17) is 14.2 Å². The molecule has 26 heavy (non-hydrogen) atoms. The highest BCUT2D eigenvalue weighted by molar-refractivity contribution is 5.03. The molecule has 0 bridgehead atoms. The lowest BCUT2D eigenvalue weighted by molar-refractivity contribution is -0.150. The van der Waals surface area contributed by atoms with Crippen LogP contribution in [0.3, 0.4) is 0 Å². The molecule has 1 aromatic rings. The summed E-state index contributed by atoms with van der Waals surface area (Å²) in [7, 11) is 1.62. The minimum absolute atomic E-state index is 0.0983. The standard InChI is InChI=1S/C17H26N2O7/c1-9-7-19(17(23)18-15(9)22)16-14(13(21)12(8-20)26-16)25-11-6-4-3-5-10(11)24-2/h7,10-14,16,20-21H,3-6,8H2,1-2H3,(H,18,22,23)/t10-,11-,12-,13-,14-,16-/m1/s1. The number of nitrogens with zero attached hydrogens (tertiary/aromatic N) is 1. The van der Waals surface area contributed by atoms with E-state index in [9.17, 15) is 19.8 Å². The second-order valence-corrected chi connectivity index (χ2v) is 6.91. The Morgan fingerprint density at radius 3 is 2.65 bits per heavy atom. The van der Waals surface area contributed by atoms with E-state index < -0.39 is 42.4 Å². The van der Waals surface area contributed by atoms with E-state index in [0.29, 0.717) is 5.56 Å². The van der Waals surface area contributed by atoms with Crippen LogP contribution in [0.5, 0.6) is 0 Å². The average molecular weight is 370 g/mol. The molecule has 2 aliphatic rings. The largest absolute Gasteiger partial charge is 0.394 e. The summed E-state index contributed by atoms with van der Waals surface area (Å²) in [6, 6.07) is 0. The van der Waals surface area contributed by atoms with Crippen LogP contribution in [0.25, 0.3) is 0 Å². The second kappa shape index (κ2) is 8.01. The number of aliphatic hydroxyl groups excluding tert-OH is 2. The van der Waals surface area contributed by atoms with Gasteiger partial charge in [0.2, 0.25) is 0 Å². The van der Waals surface area contributed by atoms with Gasteiger partial charge in [-0.15, -0.1) is 0 Å². The van der Waals surface area contributed by atoms with E-state index in [2.05, 4.69) is 4.98 Å². The van der Waals surface area contributed by atoms with Crippen LogP contribution in [0.15, 0.2) is 15.8 Å². The molecular weight excluding hydrogens is 344 g/mol. The summed E-state index contributed by atoms with van der Waals surface area (Å²) in [5.41, 5.74) is -0.800. The fraction of sp³-hybridized carbons (Fsp3) is 0.765. The third-order valence-electron chi connectivity index (χ3n) is 5.19. The van der Waals surface area contributed by atoms with Crippen LogP contribution in [0.2, 0.25) is 0 Å². The fourth-order valence-corrected chi connectivity index (χ4v) is 3.70. The average Bonchev–Trinajstić information content (AvgIpc) is 2.94. The van der Waals surface area contributed by atoms with Crippen molar-refractivity contribution >= 4 is 0 Å². The van der Waals surface area contributed by atoms with Crippen molar-refractivity contribution in [2.45, 2.75) is 69.4 Å². The molecular formula is C17H26N2O7. The number of nitrogens with one attached hydrogen (secondary N) is 1. The Morgan fingerprint density at radius 1 is 1.31 bits per heavy atom. The summed E-state index contributed by atoms with van der Waals surface area (Å²) >= 11 is 0. The number of aryl methyl sites for hydroxylation is 1. The van der Waals surface area contributed by atoms with Crippen LogP contribution in [0.4, 0.5) is 0 Å². The molecule has 3 N–H and O–H groups in total. The lowest BCUT2D eigenvalue weighted by Crippen LogP contribution is -2.45. The predicted molar refractivity (Wildman–Crippen MR) is 91.0 cm³/mol. The zero-order valence-electron chi connectivity index (χ0n) is 15.0. The highest BCUT2D eigenvalue weighted by atomic mass is 16.6. The maximum absolute atomic E-state index is 12.2. The van der Waals surface area contributed by atoms with Gasteiger partial charge in [-0.25, -0.2) is 4.79 Å². The zero-order chi connectivity index (χ0) is 18.8. The van der Waals surface area contributed by atoms with Crippen molar-refractivity contribution in [3.63, 3.8) is 0 Å². The Balaban J connectivity index is 1.91. The number of methoxy groups -OCH3 is 1. The van der Waals surface area contributed by atoms with E-state index in [1.807, 2.05) is 0 Å². The number of aliphatic hydroxyl groups is 2. The molecule has 9 nitrogen and oxygen atoms in total. The minimum Gasteiger partial charge on any atom is -0.394 e. The monoisotopic (exact) mass is 370 g/mol. The number of hydrogen-bond acceptors (Lipinski definition) is 7. The summed E-state index contributed by atoms with van der Waals surface area (Å²) in [6.45, 7) is 1.16. The quantitative estimate of drug-likeness (QED) is 0.635. The lowest BCUT2D eigenvalue weighted by atomic mass is 9.94. The van der Waals surface area contributed by atoms with Crippen LogP contribution in [0.1, 0.15) is 37.5 Å². The van der Waals surface area contributed by atoms with Gasteiger partial charge in [-0.2, -0.15) is 0 Å². The molecule has 9 heteroatoms. The van der Waals surface area contributed by atoms with Crippen molar-refractivity contribution in [2.24, 2.45) is 0 Å². The zero-order valence-corrected chi connectivity index (χ0v) is 15.0. The topological polar surface area (TPSA) is 123 Å². The van der Waals surface area contributed by atoms with E-state index in [0.717, 1.165) is 25.7 Å². The Kier molecular flexibility index (Phi) is 5.93. The van der Waals surface area contributed by atoms with Crippen molar-refractivity contribution in [1.29, 1.82) is 0 Å². The summed E-state index contributed by atoms with van der Waals surface area (Å²) in [5.74, 6) is 0. The highest BCUT2D eigenvalue weighted by Crippen LogP contribution is 2.34. The molecule has 1 aliphatic carbocycles. The van der Waals surface area contributed by atoms with Crippen LogP contribution in [0, 0.1) is 6.92 Å². The van der Waals surface area contributed by atoms with Gasteiger partial charge >= 0.3 is 5.69 Å². The van der Waals surface area contributed by atoms with E-state index >= 15 is 0 Å². The highest BCUT2D eigenvalue weighted by Gasteiger charge is 2.47. The summed E-state index contributed by atoms with van der Waals surface area (Å²) in [5, 5.41) is 20.0. The number of H-pyrrole nitrogens is 1. The first-order chi connectivity index (χ1) is 12.5. The van der Waals surface area contributed by atoms with E-state index in [1.165, 1.54) is 10.8 Å². The van der Waals surface area contributed by atoms with Gasteiger partial charge in [0, 0.05) is 18.9 Å². The van der Waals surface area contributed by atoms with E-state index in [-0.39, 0.29) is 12.2 Å². The summed E-state index contributed by atoms with van der Waals surface area (Å²) in [6.07, 6.45) is 0.898. The third kappa shape index (κ3) is 3.63. The van der Waals surface area contributed by atoms with Crippen molar-refractivity contribution in [1.82, 2.24) is 9.55 Å². The van der Waals surface area contributed by atoms with Gasteiger partial charge in [-0.05, 0) is 19.8 Å². The fourth-order valence-electron chi connectivity index (χ4n) is 3.70. The van der Waals surface area contributed by atoms with Crippen molar-refractivity contribution in [3.8, 4) is 0 Å². The molecule has 0 spiro atoms. The van der Waals surface area contributed by atoms with Gasteiger partial charge in [-0.1, -0.05) is 12.8 Å². The van der Waals surface area contributed by atoms with Crippen LogP contribution >= 0.6 is 0 Å². The third-order valence-corrected chi connectivity index (χ3v) is 5.19. The molecule has 1 aromatic heterocycles. The molecule has 0 unspecified atom stereocenters. The molecule has 0 radical (unpaired) electrons. The molecule has 2 heterocycles. The first-order valence-corrected chi connectivity index (χ1v) is 8.91. The Morgan fingerprint density at radius 2 is 2.00 bits per heavy atom. The van der Waals surface area contributed by atoms with Gasteiger partial charge in [0.15, 0.2) is 6.23 Å². The molecule has 6 atom stereocenters. The van der Waals surface area contributed by atoms with Gasteiger partial charge < -0.3 is 24.4 Å². The van der Waals surface area contributed by atoms with Gasteiger partial charge in [0.05, 0.1) is 18.8 Å². The summed E-state index contributed by atoms with van der Waals surface area (Å²) in [4.78, 5) is 26.1.